The minimum absolute atomic E-state index is 0.0368. The van der Waals surface area contributed by atoms with E-state index >= 15 is 0 Å². The number of rotatable bonds is 2. The number of thiocarbonyl (C=S) groups is 1. The minimum atomic E-state index is -0.953. The van der Waals surface area contributed by atoms with Crippen molar-refractivity contribution in [2.75, 3.05) is 23.0 Å². The summed E-state index contributed by atoms with van der Waals surface area (Å²) < 4.78 is 27.9. The topological polar surface area (TPSA) is 29.3 Å². The lowest BCUT2D eigenvalue weighted by atomic mass is 10.1. The molecule has 1 aliphatic rings. The number of nitrogens with two attached hydrogens (primary N) is 1. The molecule has 0 aromatic heterocycles. The Hall–Kier alpha value is -0.880. The van der Waals surface area contributed by atoms with Crippen LogP contribution in [0.25, 0.3) is 0 Å². The molecule has 0 spiro atoms. The molecule has 0 saturated carbocycles. The van der Waals surface area contributed by atoms with E-state index in [9.17, 15) is 8.78 Å². The maximum absolute atomic E-state index is 14.0. The number of halogens is 2. The number of hydrogen-bond acceptors (Lipinski definition) is 3. The number of hydrogen-bond donors (Lipinski definition) is 1. The van der Waals surface area contributed by atoms with Crippen LogP contribution in [0, 0.1) is 11.6 Å². The van der Waals surface area contributed by atoms with Crippen LogP contribution in [0.2, 0.25) is 0 Å². The van der Waals surface area contributed by atoms with Crippen LogP contribution in [0.5, 0.6) is 0 Å². The third-order valence-corrected chi connectivity index (χ3v) is 4.41. The summed E-state index contributed by atoms with van der Waals surface area (Å²) in [5.41, 5.74) is 5.60. The fourth-order valence-electron chi connectivity index (χ4n) is 2.04. The summed E-state index contributed by atoms with van der Waals surface area (Å²) in [5, 5.41) is 0. The third kappa shape index (κ3) is 2.44. The van der Waals surface area contributed by atoms with Gasteiger partial charge in [0.25, 0.3) is 0 Å². The van der Waals surface area contributed by atoms with Gasteiger partial charge in [-0.25, -0.2) is 8.78 Å². The molecular weight excluding hydrogens is 274 g/mol. The number of anilines is 1. The van der Waals surface area contributed by atoms with Gasteiger partial charge in [-0.15, -0.1) is 0 Å². The Morgan fingerprint density at radius 2 is 2.17 bits per heavy atom. The van der Waals surface area contributed by atoms with Crippen LogP contribution in [0.15, 0.2) is 12.1 Å². The maximum atomic E-state index is 14.0. The van der Waals surface area contributed by atoms with Gasteiger partial charge < -0.3 is 10.6 Å². The number of nitrogens with zero attached hydrogens (tertiary/aromatic N) is 1. The normalized spacial score (nSPS) is 19.9. The van der Waals surface area contributed by atoms with Crippen molar-refractivity contribution >= 4 is 34.7 Å². The van der Waals surface area contributed by atoms with E-state index < -0.39 is 11.6 Å². The molecule has 1 fully saturated rings. The molecule has 0 bridgehead atoms. The smallest absolute Gasteiger partial charge is 0.182 e. The van der Waals surface area contributed by atoms with Gasteiger partial charge in [-0.3, -0.25) is 0 Å². The second-order valence-corrected chi connectivity index (χ2v) is 5.83. The first kappa shape index (κ1) is 13.5. The van der Waals surface area contributed by atoms with Crippen molar-refractivity contribution in [1.29, 1.82) is 0 Å². The standard InChI is InChI=1S/C12H14F2N2S2/c1-7-6-18-5-4-16(7)9-3-2-8(12(15)17)10(13)11(9)14/h2-3,7H,4-6H2,1H3,(H2,15,17). The van der Waals surface area contributed by atoms with E-state index in [-0.39, 0.29) is 16.6 Å². The van der Waals surface area contributed by atoms with Gasteiger partial charge in [0.1, 0.15) is 4.99 Å². The summed E-state index contributed by atoms with van der Waals surface area (Å²) in [6.07, 6.45) is 0. The zero-order valence-electron chi connectivity index (χ0n) is 9.95. The average molecular weight is 288 g/mol. The molecule has 98 valence electrons. The van der Waals surface area contributed by atoms with Crippen LogP contribution in [0.4, 0.5) is 14.5 Å². The highest BCUT2D eigenvalue weighted by molar-refractivity contribution is 7.99. The molecule has 1 atom stereocenters. The van der Waals surface area contributed by atoms with Crippen molar-refractivity contribution in [3.8, 4) is 0 Å². The molecular formula is C12H14F2N2S2. The Morgan fingerprint density at radius 1 is 1.44 bits per heavy atom. The van der Waals surface area contributed by atoms with E-state index in [1.807, 2.05) is 23.6 Å². The van der Waals surface area contributed by atoms with Crippen molar-refractivity contribution in [2.45, 2.75) is 13.0 Å². The highest BCUT2D eigenvalue weighted by Gasteiger charge is 2.24. The van der Waals surface area contributed by atoms with Gasteiger partial charge >= 0.3 is 0 Å². The Morgan fingerprint density at radius 3 is 2.78 bits per heavy atom. The largest absolute Gasteiger partial charge is 0.389 e. The summed E-state index contributed by atoms with van der Waals surface area (Å²) in [6, 6.07) is 3.19. The second kappa shape index (κ2) is 5.40. The minimum Gasteiger partial charge on any atom is -0.389 e. The SMILES string of the molecule is CC1CSCCN1c1ccc(C(N)=S)c(F)c1F. The molecule has 1 aromatic rings. The monoisotopic (exact) mass is 288 g/mol. The van der Waals surface area contributed by atoms with E-state index in [4.69, 9.17) is 5.73 Å². The summed E-state index contributed by atoms with van der Waals surface area (Å²) in [4.78, 5) is 1.76. The molecule has 0 radical (unpaired) electrons. The first-order valence-electron chi connectivity index (χ1n) is 5.64. The van der Waals surface area contributed by atoms with E-state index in [2.05, 4.69) is 12.2 Å². The zero-order chi connectivity index (χ0) is 13.3. The highest BCUT2D eigenvalue weighted by Crippen LogP contribution is 2.29. The zero-order valence-corrected chi connectivity index (χ0v) is 11.6. The highest BCUT2D eigenvalue weighted by atomic mass is 32.2. The Kier molecular flexibility index (Phi) is 4.07. The van der Waals surface area contributed by atoms with Crippen molar-refractivity contribution in [1.82, 2.24) is 0 Å². The molecule has 0 aliphatic carbocycles. The molecule has 1 unspecified atom stereocenters. The Labute approximate surface area is 115 Å². The predicted octanol–water partition coefficient (Wildman–Crippen LogP) is 2.54. The van der Waals surface area contributed by atoms with E-state index in [1.54, 1.807) is 6.07 Å². The molecule has 2 N–H and O–H groups in total. The average Bonchev–Trinajstić information content (AvgIpc) is 2.33. The van der Waals surface area contributed by atoms with E-state index in [0.29, 0.717) is 12.2 Å². The van der Waals surface area contributed by atoms with Crippen molar-refractivity contribution in [2.24, 2.45) is 5.73 Å². The van der Waals surface area contributed by atoms with Crippen molar-refractivity contribution in [3.63, 3.8) is 0 Å². The van der Waals surface area contributed by atoms with Crippen LogP contribution in [0.1, 0.15) is 12.5 Å². The summed E-state index contributed by atoms with van der Waals surface area (Å²) in [6.45, 7) is 2.72. The Bertz CT molecular complexity index is 479. The molecule has 1 saturated heterocycles. The number of thioether (sulfide) groups is 1. The lowest BCUT2D eigenvalue weighted by molar-refractivity contribution is 0.501. The van der Waals surface area contributed by atoms with Gasteiger partial charge in [0, 0.05) is 29.7 Å². The van der Waals surface area contributed by atoms with Gasteiger partial charge in [0.15, 0.2) is 11.6 Å². The first-order valence-corrected chi connectivity index (χ1v) is 7.21. The van der Waals surface area contributed by atoms with E-state index in [0.717, 1.165) is 11.5 Å². The molecule has 1 aromatic carbocycles. The molecule has 18 heavy (non-hydrogen) atoms. The first-order chi connectivity index (χ1) is 8.52. The second-order valence-electron chi connectivity index (χ2n) is 4.24. The fourth-order valence-corrected chi connectivity index (χ4v) is 3.21. The molecule has 6 heteroatoms. The lowest BCUT2D eigenvalue weighted by Gasteiger charge is -2.35. The molecule has 1 aliphatic heterocycles. The summed E-state index contributed by atoms with van der Waals surface area (Å²) in [5.74, 6) is 0.0186. The molecule has 0 amide bonds. The third-order valence-electron chi connectivity index (χ3n) is 3.00. The van der Waals surface area contributed by atoms with Crippen LogP contribution in [-0.4, -0.2) is 29.1 Å². The van der Waals surface area contributed by atoms with Crippen LogP contribution in [-0.2, 0) is 0 Å². The molecule has 2 rings (SSSR count). The quantitative estimate of drug-likeness (QED) is 0.847. The van der Waals surface area contributed by atoms with Crippen molar-refractivity contribution in [3.05, 3.63) is 29.3 Å². The fraction of sp³-hybridized carbons (Fsp3) is 0.417. The van der Waals surface area contributed by atoms with Gasteiger partial charge in [0.05, 0.1) is 5.69 Å². The lowest BCUT2D eigenvalue weighted by Crippen LogP contribution is -2.41. The number of benzene rings is 1. The van der Waals surface area contributed by atoms with Gasteiger partial charge in [-0.2, -0.15) is 11.8 Å². The summed E-state index contributed by atoms with van der Waals surface area (Å²) in [7, 11) is 0. The van der Waals surface area contributed by atoms with Gasteiger partial charge in [-0.1, -0.05) is 12.2 Å². The predicted molar refractivity (Wildman–Crippen MR) is 76.4 cm³/mol. The van der Waals surface area contributed by atoms with E-state index in [1.165, 1.54) is 6.07 Å². The molecule has 1 heterocycles. The van der Waals surface area contributed by atoms with Crippen LogP contribution in [0.3, 0.4) is 0 Å². The summed E-state index contributed by atoms with van der Waals surface area (Å²) >= 11 is 6.51. The van der Waals surface area contributed by atoms with Crippen molar-refractivity contribution < 1.29 is 8.78 Å². The van der Waals surface area contributed by atoms with Gasteiger partial charge in [-0.05, 0) is 19.1 Å². The van der Waals surface area contributed by atoms with Crippen LogP contribution >= 0.6 is 24.0 Å². The molecule has 2 nitrogen and oxygen atoms in total. The van der Waals surface area contributed by atoms with Crippen LogP contribution < -0.4 is 10.6 Å². The maximum Gasteiger partial charge on any atom is 0.182 e. The van der Waals surface area contributed by atoms with Gasteiger partial charge in [0.2, 0.25) is 0 Å². The Balaban J connectivity index is 2.40.